The predicted molar refractivity (Wildman–Crippen MR) is 123 cm³/mol. The number of nitrogens with zero attached hydrogens (tertiary/aromatic N) is 4. The quantitative estimate of drug-likeness (QED) is 0.663. The number of hydrogen-bond donors (Lipinski definition) is 1. The molecular weight excluding hydrogens is 410 g/mol. The summed E-state index contributed by atoms with van der Waals surface area (Å²) in [6.45, 7) is 8.39. The van der Waals surface area contributed by atoms with Gasteiger partial charge in [0.05, 0.1) is 24.7 Å². The Kier molecular flexibility index (Phi) is 7.30. The number of rotatable bonds is 7. The van der Waals surface area contributed by atoms with Crippen molar-refractivity contribution in [2.75, 3.05) is 38.6 Å². The zero-order chi connectivity index (χ0) is 21.7. The van der Waals surface area contributed by atoms with Crippen molar-refractivity contribution in [3.63, 3.8) is 0 Å². The van der Waals surface area contributed by atoms with Crippen LogP contribution in [0.2, 0.25) is 0 Å². The molecule has 1 aromatic carbocycles. The molecule has 7 nitrogen and oxygen atoms in total. The molecule has 1 N–H and O–H groups in total. The second kappa shape index (κ2) is 10.1. The number of aromatic nitrogens is 3. The lowest BCUT2D eigenvalue weighted by Gasteiger charge is -2.48. The number of carbonyl (C=O) groups excluding carboxylic acids is 1. The summed E-state index contributed by atoms with van der Waals surface area (Å²) in [5, 5.41) is 12.3. The molecule has 1 saturated heterocycles. The average Bonchev–Trinajstić information content (AvgIpc) is 3.26. The number of aryl methyl sites for hydroxylation is 2. The highest BCUT2D eigenvalue weighted by atomic mass is 32.2. The smallest absolute Gasteiger partial charge is 0.230 e. The molecule has 0 unspecified atom stereocenters. The molecule has 2 aliphatic rings. The molecule has 2 aromatic rings. The van der Waals surface area contributed by atoms with Gasteiger partial charge in [-0.25, -0.2) is 0 Å². The van der Waals surface area contributed by atoms with E-state index in [-0.39, 0.29) is 11.4 Å². The Morgan fingerprint density at radius 3 is 2.71 bits per heavy atom. The number of nitrogens with one attached hydrogen (secondary N) is 1. The maximum absolute atomic E-state index is 12.7. The number of benzene rings is 1. The van der Waals surface area contributed by atoms with Crippen molar-refractivity contribution in [1.29, 1.82) is 0 Å². The SMILES string of the molecule is Cc1ccc(-n2cnnc2SCC(=O)NCC2(N3CCOCC3)CCCCC2)c(C)c1. The zero-order valence-electron chi connectivity index (χ0n) is 18.6. The Labute approximate surface area is 188 Å². The minimum absolute atomic E-state index is 0.0541. The summed E-state index contributed by atoms with van der Waals surface area (Å²) in [4.78, 5) is 15.3. The van der Waals surface area contributed by atoms with Gasteiger partial charge in [0, 0.05) is 25.2 Å². The fraction of sp³-hybridized carbons (Fsp3) is 0.609. The summed E-state index contributed by atoms with van der Waals surface area (Å²) in [5.41, 5.74) is 3.52. The topological polar surface area (TPSA) is 72.3 Å². The summed E-state index contributed by atoms with van der Waals surface area (Å²) in [6, 6.07) is 6.30. The van der Waals surface area contributed by atoms with Gasteiger partial charge in [0.2, 0.25) is 5.91 Å². The van der Waals surface area contributed by atoms with Crippen LogP contribution < -0.4 is 5.32 Å². The van der Waals surface area contributed by atoms with E-state index in [4.69, 9.17) is 4.74 Å². The molecule has 0 atom stereocenters. The van der Waals surface area contributed by atoms with Crippen LogP contribution in [0.3, 0.4) is 0 Å². The van der Waals surface area contributed by atoms with Crippen molar-refractivity contribution < 1.29 is 9.53 Å². The number of amides is 1. The molecule has 1 aliphatic carbocycles. The Hall–Kier alpha value is -1.90. The van der Waals surface area contributed by atoms with Gasteiger partial charge in [0.25, 0.3) is 0 Å². The second-order valence-electron chi connectivity index (χ2n) is 8.72. The Balaban J connectivity index is 1.36. The van der Waals surface area contributed by atoms with Gasteiger partial charge in [-0.2, -0.15) is 0 Å². The molecule has 4 rings (SSSR count). The fourth-order valence-corrected chi connectivity index (χ4v) is 5.61. The van der Waals surface area contributed by atoms with E-state index in [9.17, 15) is 4.79 Å². The van der Waals surface area contributed by atoms with Crippen molar-refractivity contribution in [3.8, 4) is 5.69 Å². The van der Waals surface area contributed by atoms with Crippen LogP contribution in [-0.2, 0) is 9.53 Å². The van der Waals surface area contributed by atoms with Crippen LogP contribution >= 0.6 is 11.8 Å². The fourth-order valence-electron chi connectivity index (χ4n) is 4.86. The molecule has 0 spiro atoms. The highest BCUT2D eigenvalue weighted by Crippen LogP contribution is 2.34. The molecule has 0 radical (unpaired) electrons. The normalized spacial score (nSPS) is 19.3. The molecule has 2 fully saturated rings. The van der Waals surface area contributed by atoms with Crippen LogP contribution in [0.15, 0.2) is 29.7 Å². The largest absolute Gasteiger partial charge is 0.379 e. The predicted octanol–water partition coefficient (Wildman–Crippen LogP) is 3.13. The molecule has 1 aliphatic heterocycles. The van der Waals surface area contributed by atoms with Crippen molar-refractivity contribution in [2.24, 2.45) is 0 Å². The van der Waals surface area contributed by atoms with E-state index in [1.807, 2.05) is 4.57 Å². The number of morpholine rings is 1. The van der Waals surface area contributed by atoms with E-state index >= 15 is 0 Å². The molecule has 0 bridgehead atoms. The maximum atomic E-state index is 12.7. The summed E-state index contributed by atoms with van der Waals surface area (Å²) >= 11 is 1.43. The monoisotopic (exact) mass is 443 g/mol. The van der Waals surface area contributed by atoms with E-state index in [0.717, 1.165) is 62.1 Å². The second-order valence-corrected chi connectivity index (χ2v) is 9.67. The molecule has 2 heterocycles. The average molecular weight is 444 g/mol. The first-order valence-corrected chi connectivity index (χ1v) is 12.3. The molecule has 31 heavy (non-hydrogen) atoms. The van der Waals surface area contributed by atoms with E-state index in [0.29, 0.717) is 5.75 Å². The number of thioether (sulfide) groups is 1. The van der Waals surface area contributed by atoms with Gasteiger partial charge >= 0.3 is 0 Å². The zero-order valence-corrected chi connectivity index (χ0v) is 19.4. The molecule has 1 saturated carbocycles. The van der Waals surface area contributed by atoms with Gasteiger partial charge in [-0.05, 0) is 38.3 Å². The third-order valence-corrected chi connectivity index (χ3v) is 7.48. The molecule has 1 aromatic heterocycles. The third kappa shape index (κ3) is 5.30. The lowest BCUT2D eigenvalue weighted by atomic mass is 9.79. The van der Waals surface area contributed by atoms with Crippen LogP contribution in [0.5, 0.6) is 0 Å². The van der Waals surface area contributed by atoms with Gasteiger partial charge in [0.1, 0.15) is 6.33 Å². The first-order chi connectivity index (χ1) is 15.1. The Bertz CT molecular complexity index is 888. The van der Waals surface area contributed by atoms with E-state index < -0.39 is 0 Å². The van der Waals surface area contributed by atoms with Crippen LogP contribution in [0.25, 0.3) is 5.69 Å². The van der Waals surface area contributed by atoms with Gasteiger partial charge in [-0.1, -0.05) is 48.7 Å². The molecular formula is C23H33N5O2S. The standard InChI is InChI=1S/C23H33N5O2S/c1-18-6-7-20(19(2)14-18)28-17-25-26-22(28)31-15-21(29)24-16-23(8-4-3-5-9-23)27-10-12-30-13-11-27/h6-7,14,17H,3-5,8-13,15-16H2,1-2H3,(H,24,29). The number of hydrogen-bond acceptors (Lipinski definition) is 6. The number of ether oxygens (including phenoxy) is 1. The first-order valence-electron chi connectivity index (χ1n) is 11.3. The molecule has 8 heteroatoms. The summed E-state index contributed by atoms with van der Waals surface area (Å²) in [6.07, 6.45) is 7.79. The van der Waals surface area contributed by atoms with Crippen LogP contribution in [0.4, 0.5) is 0 Å². The number of carbonyl (C=O) groups is 1. The van der Waals surface area contributed by atoms with E-state index in [1.165, 1.54) is 36.6 Å². The Morgan fingerprint density at radius 1 is 1.19 bits per heavy atom. The summed E-state index contributed by atoms with van der Waals surface area (Å²) in [7, 11) is 0. The summed E-state index contributed by atoms with van der Waals surface area (Å²) in [5.74, 6) is 0.390. The van der Waals surface area contributed by atoms with Crippen LogP contribution in [0, 0.1) is 13.8 Å². The van der Waals surface area contributed by atoms with Crippen molar-refractivity contribution in [3.05, 3.63) is 35.7 Å². The highest BCUT2D eigenvalue weighted by molar-refractivity contribution is 7.99. The first kappa shape index (κ1) is 22.3. The van der Waals surface area contributed by atoms with E-state index in [2.05, 4.69) is 52.5 Å². The van der Waals surface area contributed by atoms with E-state index in [1.54, 1.807) is 6.33 Å². The maximum Gasteiger partial charge on any atom is 0.230 e. The van der Waals surface area contributed by atoms with Crippen molar-refractivity contribution in [2.45, 2.75) is 56.6 Å². The van der Waals surface area contributed by atoms with Crippen LogP contribution in [0.1, 0.15) is 43.2 Å². The van der Waals surface area contributed by atoms with Crippen molar-refractivity contribution in [1.82, 2.24) is 25.0 Å². The minimum Gasteiger partial charge on any atom is -0.379 e. The highest BCUT2D eigenvalue weighted by Gasteiger charge is 2.38. The van der Waals surface area contributed by atoms with Crippen LogP contribution in [-0.4, -0.2) is 69.7 Å². The third-order valence-electron chi connectivity index (χ3n) is 6.54. The van der Waals surface area contributed by atoms with Gasteiger partial charge in [-0.15, -0.1) is 10.2 Å². The minimum atomic E-state index is 0.0541. The lowest BCUT2D eigenvalue weighted by molar-refractivity contribution is -0.119. The summed E-state index contributed by atoms with van der Waals surface area (Å²) < 4.78 is 7.52. The van der Waals surface area contributed by atoms with Gasteiger partial charge < -0.3 is 10.1 Å². The lowest BCUT2D eigenvalue weighted by Crippen LogP contribution is -2.59. The molecule has 1 amide bonds. The Morgan fingerprint density at radius 2 is 1.97 bits per heavy atom. The van der Waals surface area contributed by atoms with Gasteiger partial charge in [-0.3, -0.25) is 14.3 Å². The van der Waals surface area contributed by atoms with Gasteiger partial charge in [0.15, 0.2) is 5.16 Å². The molecule has 168 valence electrons. The van der Waals surface area contributed by atoms with Crippen molar-refractivity contribution >= 4 is 17.7 Å².